The summed E-state index contributed by atoms with van der Waals surface area (Å²) in [5.41, 5.74) is 0.741. The van der Waals surface area contributed by atoms with Gasteiger partial charge in [-0.2, -0.15) is 0 Å². The van der Waals surface area contributed by atoms with E-state index in [1.165, 1.54) is 16.8 Å². The van der Waals surface area contributed by atoms with Crippen LogP contribution in [0.2, 0.25) is 0 Å². The second kappa shape index (κ2) is 6.69. The quantitative estimate of drug-likeness (QED) is 0.818. The fourth-order valence-corrected chi connectivity index (χ4v) is 1.91. The highest BCUT2D eigenvalue weighted by Crippen LogP contribution is 2.17. The Balaban J connectivity index is 1.92. The first-order chi connectivity index (χ1) is 10.1. The number of benzene rings is 1. The van der Waals surface area contributed by atoms with Gasteiger partial charge in [0.25, 0.3) is 0 Å². The van der Waals surface area contributed by atoms with Crippen molar-refractivity contribution in [3.05, 3.63) is 58.3 Å². The van der Waals surface area contributed by atoms with Gasteiger partial charge in [0.1, 0.15) is 11.3 Å². The van der Waals surface area contributed by atoms with Crippen LogP contribution in [0.25, 0.3) is 0 Å². The van der Waals surface area contributed by atoms with Crippen molar-refractivity contribution in [2.24, 2.45) is 0 Å². The van der Waals surface area contributed by atoms with Crippen molar-refractivity contribution in [2.45, 2.75) is 19.9 Å². The highest BCUT2D eigenvalue weighted by Gasteiger charge is 2.09. The molecular formula is C15H16N2O4. The molecule has 1 N–H and O–H groups in total. The third-order valence-corrected chi connectivity index (χ3v) is 2.90. The number of ether oxygens (including phenoxy) is 1. The maximum atomic E-state index is 11.5. The molecule has 1 aromatic carbocycles. The Morgan fingerprint density at radius 3 is 2.90 bits per heavy atom. The molecule has 0 saturated carbocycles. The molecule has 0 spiro atoms. The molecule has 0 saturated heterocycles. The van der Waals surface area contributed by atoms with Crippen LogP contribution < -0.4 is 10.4 Å². The van der Waals surface area contributed by atoms with Crippen molar-refractivity contribution in [1.82, 2.24) is 9.55 Å². The van der Waals surface area contributed by atoms with Crippen LogP contribution in [0.1, 0.15) is 22.3 Å². The summed E-state index contributed by atoms with van der Waals surface area (Å²) in [6, 6.07) is 6.47. The average molecular weight is 288 g/mol. The van der Waals surface area contributed by atoms with Crippen LogP contribution in [-0.4, -0.2) is 27.2 Å². The molecule has 1 heterocycles. The highest BCUT2D eigenvalue weighted by molar-refractivity contribution is 5.90. The van der Waals surface area contributed by atoms with Gasteiger partial charge in [0.2, 0.25) is 0 Å². The number of para-hydroxylation sites is 1. The van der Waals surface area contributed by atoms with E-state index in [1.54, 1.807) is 24.4 Å². The molecule has 6 heteroatoms. The highest BCUT2D eigenvalue weighted by atomic mass is 16.5. The van der Waals surface area contributed by atoms with Crippen molar-refractivity contribution >= 4 is 5.97 Å². The van der Waals surface area contributed by atoms with Gasteiger partial charge in [-0.1, -0.05) is 12.1 Å². The molecule has 0 unspecified atom stereocenters. The van der Waals surface area contributed by atoms with Crippen LogP contribution in [0.5, 0.6) is 5.75 Å². The van der Waals surface area contributed by atoms with Crippen molar-refractivity contribution in [3.8, 4) is 5.75 Å². The van der Waals surface area contributed by atoms with Gasteiger partial charge in [0, 0.05) is 18.9 Å². The van der Waals surface area contributed by atoms with Crippen LogP contribution in [0.4, 0.5) is 0 Å². The number of aryl methyl sites for hydroxylation is 2. The van der Waals surface area contributed by atoms with Gasteiger partial charge >= 0.3 is 11.7 Å². The summed E-state index contributed by atoms with van der Waals surface area (Å²) >= 11 is 0. The summed E-state index contributed by atoms with van der Waals surface area (Å²) in [7, 11) is 0. The number of carboxylic acids is 1. The van der Waals surface area contributed by atoms with E-state index in [0.717, 1.165) is 5.56 Å². The Kier molecular flexibility index (Phi) is 4.71. The number of hydrogen-bond acceptors (Lipinski definition) is 4. The van der Waals surface area contributed by atoms with Crippen molar-refractivity contribution in [3.63, 3.8) is 0 Å². The zero-order valence-electron chi connectivity index (χ0n) is 11.7. The standard InChI is InChI=1S/C15H16N2O4/c1-11-9-16-15(20)17(10-11)7-4-8-21-13-6-3-2-5-12(13)14(18)19/h2-3,5-6,9-10H,4,7-8H2,1H3,(H,18,19). The molecule has 0 radical (unpaired) electrons. The Morgan fingerprint density at radius 2 is 2.14 bits per heavy atom. The van der Waals surface area contributed by atoms with Gasteiger partial charge in [-0.05, 0) is 31.0 Å². The molecule has 2 rings (SSSR count). The van der Waals surface area contributed by atoms with E-state index in [-0.39, 0.29) is 11.3 Å². The summed E-state index contributed by atoms with van der Waals surface area (Å²) in [4.78, 5) is 26.3. The maximum Gasteiger partial charge on any atom is 0.347 e. The molecule has 0 fully saturated rings. The fraction of sp³-hybridized carbons (Fsp3) is 0.267. The monoisotopic (exact) mass is 288 g/mol. The average Bonchev–Trinajstić information content (AvgIpc) is 2.47. The third kappa shape index (κ3) is 3.92. The molecule has 0 aliphatic carbocycles. The lowest BCUT2D eigenvalue weighted by Gasteiger charge is -2.09. The Bertz CT molecular complexity index is 694. The maximum absolute atomic E-state index is 11.5. The smallest absolute Gasteiger partial charge is 0.347 e. The van der Waals surface area contributed by atoms with Gasteiger partial charge < -0.3 is 9.84 Å². The SMILES string of the molecule is Cc1cnc(=O)n(CCCOc2ccccc2C(=O)O)c1. The van der Waals surface area contributed by atoms with Gasteiger partial charge in [0.15, 0.2) is 0 Å². The number of aromatic carboxylic acids is 1. The van der Waals surface area contributed by atoms with E-state index in [9.17, 15) is 9.59 Å². The minimum absolute atomic E-state index is 0.131. The second-order valence-corrected chi connectivity index (χ2v) is 4.61. The predicted molar refractivity (Wildman–Crippen MR) is 76.7 cm³/mol. The van der Waals surface area contributed by atoms with Crippen LogP contribution in [-0.2, 0) is 6.54 Å². The molecule has 1 aromatic heterocycles. The van der Waals surface area contributed by atoms with Gasteiger partial charge in [-0.25, -0.2) is 14.6 Å². The largest absolute Gasteiger partial charge is 0.493 e. The predicted octanol–water partition coefficient (Wildman–Crippen LogP) is 1.72. The normalized spacial score (nSPS) is 10.3. The summed E-state index contributed by atoms with van der Waals surface area (Å²) < 4.78 is 6.99. The lowest BCUT2D eigenvalue weighted by molar-refractivity contribution is 0.0692. The topological polar surface area (TPSA) is 81.4 Å². The number of hydrogen-bond donors (Lipinski definition) is 1. The molecule has 0 aliphatic rings. The van der Waals surface area contributed by atoms with E-state index in [4.69, 9.17) is 9.84 Å². The van der Waals surface area contributed by atoms with E-state index in [2.05, 4.69) is 4.98 Å². The number of rotatable bonds is 6. The van der Waals surface area contributed by atoms with Crippen molar-refractivity contribution < 1.29 is 14.6 Å². The van der Waals surface area contributed by atoms with Crippen LogP contribution in [0, 0.1) is 6.92 Å². The number of carbonyl (C=O) groups is 1. The number of nitrogens with zero attached hydrogens (tertiary/aromatic N) is 2. The lowest BCUT2D eigenvalue weighted by Crippen LogP contribution is -2.23. The van der Waals surface area contributed by atoms with Crippen LogP contribution in [0.3, 0.4) is 0 Å². The summed E-state index contributed by atoms with van der Waals surface area (Å²) in [5, 5.41) is 9.03. The number of carboxylic acid groups (broad SMARTS) is 1. The molecular weight excluding hydrogens is 272 g/mol. The minimum atomic E-state index is -1.02. The molecule has 21 heavy (non-hydrogen) atoms. The van der Waals surface area contributed by atoms with Gasteiger partial charge in [-0.15, -0.1) is 0 Å². The van der Waals surface area contributed by atoms with E-state index >= 15 is 0 Å². The Hall–Kier alpha value is -2.63. The minimum Gasteiger partial charge on any atom is -0.493 e. The third-order valence-electron chi connectivity index (χ3n) is 2.90. The molecule has 2 aromatic rings. The second-order valence-electron chi connectivity index (χ2n) is 4.61. The zero-order chi connectivity index (χ0) is 15.2. The summed E-state index contributed by atoms with van der Waals surface area (Å²) in [5.74, 6) is -0.690. The van der Waals surface area contributed by atoms with E-state index in [1.807, 2.05) is 6.92 Å². The number of aromatic nitrogens is 2. The first-order valence-corrected chi connectivity index (χ1v) is 6.56. The zero-order valence-corrected chi connectivity index (χ0v) is 11.7. The summed E-state index contributed by atoms with van der Waals surface area (Å²) in [6.07, 6.45) is 3.85. The lowest BCUT2D eigenvalue weighted by atomic mass is 10.2. The first-order valence-electron chi connectivity index (χ1n) is 6.56. The van der Waals surface area contributed by atoms with Gasteiger partial charge in [-0.3, -0.25) is 4.57 Å². The van der Waals surface area contributed by atoms with Gasteiger partial charge in [0.05, 0.1) is 6.61 Å². The van der Waals surface area contributed by atoms with Crippen molar-refractivity contribution in [2.75, 3.05) is 6.61 Å². The molecule has 0 amide bonds. The Morgan fingerprint density at radius 1 is 1.38 bits per heavy atom. The van der Waals surface area contributed by atoms with Crippen molar-refractivity contribution in [1.29, 1.82) is 0 Å². The Labute approximate surface area is 121 Å². The molecule has 0 aliphatic heterocycles. The molecule has 0 bridgehead atoms. The molecule has 110 valence electrons. The molecule has 0 atom stereocenters. The van der Waals surface area contributed by atoms with Crippen LogP contribution in [0.15, 0.2) is 41.5 Å². The molecule has 6 nitrogen and oxygen atoms in total. The van der Waals surface area contributed by atoms with E-state index < -0.39 is 5.97 Å². The van der Waals surface area contributed by atoms with E-state index in [0.29, 0.717) is 25.3 Å². The summed E-state index contributed by atoms with van der Waals surface area (Å²) in [6.45, 7) is 2.66. The fourth-order valence-electron chi connectivity index (χ4n) is 1.91. The van der Waals surface area contributed by atoms with Crippen LogP contribution >= 0.6 is 0 Å². The first kappa shape index (κ1) is 14.8.